The number of benzene rings is 1. The predicted octanol–water partition coefficient (Wildman–Crippen LogP) is 2.11. The van der Waals surface area contributed by atoms with Crippen LogP contribution in [-0.4, -0.2) is 45.9 Å². The van der Waals surface area contributed by atoms with E-state index in [-0.39, 0.29) is 23.2 Å². The highest BCUT2D eigenvalue weighted by molar-refractivity contribution is 5.96. The molecular weight excluding hydrogens is 326 g/mol. The summed E-state index contributed by atoms with van der Waals surface area (Å²) in [6, 6.07) is 5.42. The molecule has 1 aromatic rings. The van der Waals surface area contributed by atoms with Gasteiger partial charge in [0.2, 0.25) is 5.91 Å². The van der Waals surface area contributed by atoms with Gasteiger partial charge in [0.15, 0.2) is 0 Å². The third kappa shape index (κ3) is 2.97. The van der Waals surface area contributed by atoms with Gasteiger partial charge < -0.3 is 10.4 Å². The Kier molecular flexibility index (Phi) is 4.47. The zero-order valence-corrected chi connectivity index (χ0v) is 14.0. The standard InChI is InChI=1S/C17H21N3O5/c1-11(15(21)18-13-6-2-3-7-14(13)20(24)25)19-9-12-5-4-8-17(12,10-19)16(22)23/h2-3,6-7,11-12H,4-5,8-10H2,1H3,(H,18,21)(H,22,23)/t11?,12-,17+/m0/s1. The number of nitrogens with one attached hydrogen (secondary N) is 1. The van der Waals surface area contributed by atoms with Crippen molar-refractivity contribution in [1.82, 2.24) is 4.90 Å². The van der Waals surface area contributed by atoms with Crippen LogP contribution in [0.3, 0.4) is 0 Å². The first-order valence-electron chi connectivity index (χ1n) is 8.37. The molecule has 134 valence electrons. The van der Waals surface area contributed by atoms with Crippen molar-refractivity contribution in [3.05, 3.63) is 34.4 Å². The van der Waals surface area contributed by atoms with Crippen molar-refractivity contribution in [3.8, 4) is 0 Å². The number of para-hydroxylation sites is 2. The van der Waals surface area contributed by atoms with Gasteiger partial charge in [-0.1, -0.05) is 18.6 Å². The summed E-state index contributed by atoms with van der Waals surface area (Å²) in [5.41, 5.74) is -0.771. The Bertz CT molecular complexity index is 722. The highest BCUT2D eigenvalue weighted by atomic mass is 16.6. The SMILES string of the molecule is CC(C(=O)Nc1ccccc1[N+](=O)[O-])N1C[C@@H]2CCC[C@@]2(C(=O)O)C1. The number of hydrogen-bond acceptors (Lipinski definition) is 5. The summed E-state index contributed by atoms with van der Waals surface area (Å²) >= 11 is 0. The van der Waals surface area contributed by atoms with E-state index in [2.05, 4.69) is 5.32 Å². The van der Waals surface area contributed by atoms with Crippen molar-refractivity contribution >= 4 is 23.3 Å². The van der Waals surface area contributed by atoms with Crippen LogP contribution in [0.2, 0.25) is 0 Å². The van der Waals surface area contributed by atoms with Gasteiger partial charge in [-0.05, 0) is 31.7 Å². The molecule has 8 nitrogen and oxygen atoms in total. The zero-order valence-electron chi connectivity index (χ0n) is 14.0. The fraction of sp³-hybridized carbons (Fsp3) is 0.529. The third-order valence-corrected chi connectivity index (χ3v) is 5.61. The number of amides is 1. The molecule has 1 heterocycles. The molecule has 0 aromatic heterocycles. The quantitative estimate of drug-likeness (QED) is 0.623. The summed E-state index contributed by atoms with van der Waals surface area (Å²) < 4.78 is 0. The maximum Gasteiger partial charge on any atom is 0.311 e. The molecule has 1 unspecified atom stereocenters. The van der Waals surface area contributed by atoms with Crippen LogP contribution < -0.4 is 5.32 Å². The van der Waals surface area contributed by atoms with E-state index in [1.54, 1.807) is 13.0 Å². The molecule has 1 amide bonds. The molecule has 1 saturated heterocycles. The van der Waals surface area contributed by atoms with Gasteiger partial charge in [-0.25, -0.2) is 0 Å². The number of nitro groups is 1. The second-order valence-electron chi connectivity index (χ2n) is 6.92. The van der Waals surface area contributed by atoms with Crippen LogP contribution >= 0.6 is 0 Å². The Morgan fingerprint density at radius 2 is 2.16 bits per heavy atom. The van der Waals surface area contributed by atoms with Gasteiger partial charge >= 0.3 is 5.97 Å². The number of anilines is 1. The lowest BCUT2D eigenvalue weighted by atomic mass is 9.81. The summed E-state index contributed by atoms with van der Waals surface area (Å²) in [5, 5.41) is 23.3. The number of likely N-dealkylation sites (tertiary alicyclic amines) is 1. The Morgan fingerprint density at radius 3 is 2.80 bits per heavy atom. The van der Waals surface area contributed by atoms with Crippen molar-refractivity contribution in [2.75, 3.05) is 18.4 Å². The number of carboxylic acid groups (broad SMARTS) is 1. The minimum absolute atomic E-state index is 0.0614. The number of hydrogen-bond donors (Lipinski definition) is 2. The van der Waals surface area contributed by atoms with E-state index in [1.807, 2.05) is 4.90 Å². The van der Waals surface area contributed by atoms with E-state index in [0.29, 0.717) is 19.5 Å². The van der Waals surface area contributed by atoms with Crippen molar-refractivity contribution in [1.29, 1.82) is 0 Å². The third-order valence-electron chi connectivity index (χ3n) is 5.61. The average molecular weight is 347 g/mol. The van der Waals surface area contributed by atoms with Crippen LogP contribution in [0.5, 0.6) is 0 Å². The number of fused-ring (bicyclic) bond motifs is 1. The molecule has 0 radical (unpaired) electrons. The zero-order chi connectivity index (χ0) is 18.2. The minimum Gasteiger partial charge on any atom is -0.481 e. The van der Waals surface area contributed by atoms with E-state index in [1.165, 1.54) is 18.2 Å². The van der Waals surface area contributed by atoms with Gasteiger partial charge in [0, 0.05) is 19.2 Å². The van der Waals surface area contributed by atoms with E-state index in [4.69, 9.17) is 0 Å². The number of nitro benzene ring substituents is 1. The van der Waals surface area contributed by atoms with Gasteiger partial charge in [-0.3, -0.25) is 24.6 Å². The summed E-state index contributed by atoms with van der Waals surface area (Å²) in [5.74, 6) is -1.09. The average Bonchev–Trinajstić information content (AvgIpc) is 3.12. The fourth-order valence-electron chi connectivity index (χ4n) is 4.11. The molecule has 1 aliphatic heterocycles. The number of rotatable bonds is 5. The largest absolute Gasteiger partial charge is 0.481 e. The molecule has 1 aliphatic carbocycles. The van der Waals surface area contributed by atoms with Crippen LogP contribution in [-0.2, 0) is 9.59 Å². The van der Waals surface area contributed by atoms with Gasteiger partial charge in [0.25, 0.3) is 5.69 Å². The fourth-order valence-corrected chi connectivity index (χ4v) is 4.11. The van der Waals surface area contributed by atoms with E-state index in [0.717, 1.165) is 12.8 Å². The van der Waals surface area contributed by atoms with Crippen molar-refractivity contribution in [3.63, 3.8) is 0 Å². The molecule has 25 heavy (non-hydrogen) atoms. The first-order chi connectivity index (χ1) is 11.8. The Morgan fingerprint density at radius 1 is 1.44 bits per heavy atom. The van der Waals surface area contributed by atoms with E-state index < -0.39 is 22.3 Å². The van der Waals surface area contributed by atoms with Crippen LogP contribution in [0, 0.1) is 21.4 Å². The van der Waals surface area contributed by atoms with Crippen molar-refractivity contribution in [2.24, 2.45) is 11.3 Å². The smallest absolute Gasteiger partial charge is 0.311 e. The van der Waals surface area contributed by atoms with Crippen LogP contribution in [0.1, 0.15) is 26.2 Å². The molecule has 1 aromatic carbocycles. The minimum atomic E-state index is -0.788. The first-order valence-corrected chi connectivity index (χ1v) is 8.37. The predicted molar refractivity (Wildman–Crippen MR) is 90.2 cm³/mol. The number of carbonyl (C=O) groups is 2. The molecule has 1 saturated carbocycles. The molecule has 2 aliphatic rings. The maximum atomic E-state index is 12.5. The second-order valence-corrected chi connectivity index (χ2v) is 6.92. The van der Waals surface area contributed by atoms with E-state index in [9.17, 15) is 24.8 Å². The number of carboxylic acids is 1. The normalized spacial score (nSPS) is 26.8. The summed E-state index contributed by atoms with van der Waals surface area (Å²) in [6.07, 6.45) is 2.41. The van der Waals surface area contributed by atoms with Crippen LogP contribution in [0.4, 0.5) is 11.4 Å². The Labute approximate surface area is 145 Å². The molecule has 8 heteroatoms. The Balaban J connectivity index is 1.72. The highest BCUT2D eigenvalue weighted by Gasteiger charge is 2.55. The van der Waals surface area contributed by atoms with E-state index >= 15 is 0 Å². The molecule has 3 rings (SSSR count). The number of nitrogens with zero attached hydrogens (tertiary/aromatic N) is 2. The number of aliphatic carboxylic acids is 1. The molecular formula is C17H21N3O5. The van der Waals surface area contributed by atoms with Gasteiger partial charge in [0.1, 0.15) is 5.69 Å². The lowest BCUT2D eigenvalue weighted by molar-refractivity contribution is -0.383. The molecule has 2 fully saturated rings. The molecule has 0 bridgehead atoms. The summed E-state index contributed by atoms with van der Waals surface area (Å²) in [4.78, 5) is 36.7. The highest BCUT2D eigenvalue weighted by Crippen LogP contribution is 2.49. The molecule has 2 N–H and O–H groups in total. The monoisotopic (exact) mass is 347 g/mol. The lowest BCUT2D eigenvalue weighted by Crippen LogP contribution is -2.43. The lowest BCUT2D eigenvalue weighted by Gasteiger charge is -2.26. The Hall–Kier alpha value is -2.48. The van der Waals surface area contributed by atoms with Crippen LogP contribution in [0.25, 0.3) is 0 Å². The molecule has 0 spiro atoms. The maximum absolute atomic E-state index is 12.5. The van der Waals surface area contributed by atoms with Gasteiger partial charge in [-0.15, -0.1) is 0 Å². The van der Waals surface area contributed by atoms with Crippen molar-refractivity contribution < 1.29 is 19.6 Å². The van der Waals surface area contributed by atoms with Gasteiger partial charge in [0.05, 0.1) is 16.4 Å². The summed E-state index contributed by atoms with van der Waals surface area (Å²) in [6.45, 7) is 2.62. The topological polar surface area (TPSA) is 113 Å². The summed E-state index contributed by atoms with van der Waals surface area (Å²) in [7, 11) is 0. The first kappa shape index (κ1) is 17.3. The molecule has 3 atom stereocenters. The second kappa shape index (κ2) is 6.44. The number of carbonyl (C=O) groups excluding carboxylic acids is 1. The van der Waals surface area contributed by atoms with Crippen molar-refractivity contribution in [2.45, 2.75) is 32.2 Å². The van der Waals surface area contributed by atoms with Crippen LogP contribution in [0.15, 0.2) is 24.3 Å². The van der Waals surface area contributed by atoms with Gasteiger partial charge in [-0.2, -0.15) is 0 Å².